The summed E-state index contributed by atoms with van der Waals surface area (Å²) in [7, 11) is 0. The summed E-state index contributed by atoms with van der Waals surface area (Å²) in [5, 5.41) is 10.1. The van der Waals surface area contributed by atoms with Crippen LogP contribution in [0.4, 0.5) is 0 Å². The van der Waals surface area contributed by atoms with Gasteiger partial charge in [-0.3, -0.25) is 14.5 Å². The van der Waals surface area contributed by atoms with Crippen LogP contribution >= 0.6 is 0 Å². The number of carbonyl (C=O) groups is 2. The van der Waals surface area contributed by atoms with Crippen LogP contribution in [0.2, 0.25) is 0 Å². The van der Waals surface area contributed by atoms with Crippen LogP contribution in [-0.2, 0) is 9.59 Å². The topological polar surface area (TPSA) is 57.6 Å². The Hall–Kier alpha value is -0.900. The van der Waals surface area contributed by atoms with Crippen molar-refractivity contribution in [3.8, 4) is 0 Å². The van der Waals surface area contributed by atoms with Gasteiger partial charge in [-0.05, 0) is 25.7 Å². The molecule has 3 aliphatic rings. The van der Waals surface area contributed by atoms with Crippen molar-refractivity contribution in [3.05, 3.63) is 0 Å². The second kappa shape index (κ2) is 6.07. The quantitative estimate of drug-likeness (QED) is 0.796. The van der Waals surface area contributed by atoms with Crippen LogP contribution < -0.4 is 0 Å². The van der Waals surface area contributed by atoms with Crippen LogP contribution in [0.5, 0.6) is 0 Å². The molecule has 1 N–H and O–H groups in total. The van der Waals surface area contributed by atoms with E-state index in [2.05, 4.69) is 0 Å². The molecule has 2 unspecified atom stereocenters. The summed E-state index contributed by atoms with van der Waals surface area (Å²) < 4.78 is 0. The van der Waals surface area contributed by atoms with Crippen molar-refractivity contribution in [1.82, 2.24) is 4.90 Å². The van der Waals surface area contributed by atoms with Crippen molar-refractivity contribution in [3.63, 3.8) is 0 Å². The van der Waals surface area contributed by atoms with Crippen molar-refractivity contribution in [1.29, 1.82) is 0 Å². The van der Waals surface area contributed by atoms with E-state index in [-0.39, 0.29) is 23.8 Å². The highest BCUT2D eigenvalue weighted by molar-refractivity contribution is 6.05. The van der Waals surface area contributed by atoms with Gasteiger partial charge < -0.3 is 5.11 Å². The lowest BCUT2D eigenvalue weighted by Crippen LogP contribution is -2.42. The highest BCUT2D eigenvalue weighted by Gasteiger charge is 2.51. The monoisotopic (exact) mass is 293 g/mol. The molecule has 3 fully saturated rings. The van der Waals surface area contributed by atoms with Gasteiger partial charge in [0.25, 0.3) is 0 Å². The minimum Gasteiger partial charge on any atom is -0.393 e. The zero-order valence-corrected chi connectivity index (χ0v) is 12.9. The zero-order valence-electron chi connectivity index (χ0n) is 12.9. The van der Waals surface area contributed by atoms with Gasteiger partial charge in [-0.2, -0.15) is 0 Å². The van der Waals surface area contributed by atoms with Crippen LogP contribution in [0.1, 0.15) is 70.6 Å². The van der Waals surface area contributed by atoms with Gasteiger partial charge in [-0.25, -0.2) is 0 Å². The van der Waals surface area contributed by atoms with Crippen LogP contribution in [0.25, 0.3) is 0 Å². The van der Waals surface area contributed by atoms with Gasteiger partial charge in [0.1, 0.15) is 0 Å². The minimum atomic E-state index is -0.396. The summed E-state index contributed by atoms with van der Waals surface area (Å²) in [6, 6.07) is 0. The van der Waals surface area contributed by atoms with Crippen molar-refractivity contribution < 1.29 is 14.7 Å². The smallest absolute Gasteiger partial charge is 0.235 e. The van der Waals surface area contributed by atoms with E-state index in [0.29, 0.717) is 13.0 Å². The van der Waals surface area contributed by atoms with Gasteiger partial charge in [-0.1, -0.05) is 38.5 Å². The van der Waals surface area contributed by atoms with Gasteiger partial charge >= 0.3 is 0 Å². The molecule has 0 radical (unpaired) electrons. The number of likely N-dealkylation sites (tertiary alicyclic amines) is 1. The van der Waals surface area contributed by atoms with Gasteiger partial charge in [0.05, 0.1) is 11.5 Å². The first-order valence-electron chi connectivity index (χ1n) is 8.65. The molecule has 1 spiro atoms. The maximum atomic E-state index is 12.8. The first-order valence-corrected chi connectivity index (χ1v) is 8.65. The molecule has 2 atom stereocenters. The van der Waals surface area contributed by atoms with Crippen LogP contribution in [-0.4, -0.2) is 34.5 Å². The third-order valence-electron chi connectivity index (χ3n) is 5.84. The first-order chi connectivity index (χ1) is 10.1. The number of hydrogen-bond donors (Lipinski definition) is 1. The van der Waals surface area contributed by atoms with Crippen molar-refractivity contribution in [2.24, 2.45) is 11.3 Å². The Balaban J connectivity index is 1.71. The summed E-state index contributed by atoms with van der Waals surface area (Å²) in [6.45, 7) is 0.445. The van der Waals surface area contributed by atoms with E-state index in [0.717, 1.165) is 51.4 Å². The Morgan fingerprint density at radius 2 is 1.67 bits per heavy atom. The number of aliphatic hydroxyl groups excluding tert-OH is 1. The largest absolute Gasteiger partial charge is 0.393 e. The first kappa shape index (κ1) is 15.0. The normalized spacial score (nSPS) is 33.5. The molecule has 0 aromatic heterocycles. The fourth-order valence-corrected chi connectivity index (χ4v) is 4.48. The van der Waals surface area contributed by atoms with Crippen molar-refractivity contribution >= 4 is 11.8 Å². The number of hydrogen-bond acceptors (Lipinski definition) is 3. The number of rotatable bonds is 2. The van der Waals surface area contributed by atoms with E-state index in [1.165, 1.54) is 17.7 Å². The Labute approximate surface area is 126 Å². The molecule has 0 aromatic rings. The van der Waals surface area contributed by atoms with Crippen LogP contribution in [0, 0.1) is 11.3 Å². The van der Waals surface area contributed by atoms with Crippen LogP contribution in [0.15, 0.2) is 0 Å². The SMILES string of the molecule is O=C1CC2(CCCCCC2)C(=O)N1CC1CCCCC1O. The molecular formula is C17H27NO3. The lowest BCUT2D eigenvalue weighted by atomic mass is 9.79. The van der Waals surface area contributed by atoms with Gasteiger partial charge in [0.15, 0.2) is 0 Å². The second-order valence-corrected chi connectivity index (χ2v) is 7.29. The highest BCUT2D eigenvalue weighted by atomic mass is 16.3. The zero-order chi connectivity index (χ0) is 14.9. The molecule has 1 aliphatic heterocycles. The summed E-state index contributed by atoms with van der Waals surface area (Å²) in [5.74, 6) is 0.152. The summed E-state index contributed by atoms with van der Waals surface area (Å²) >= 11 is 0. The number of nitrogens with zero attached hydrogens (tertiary/aromatic N) is 1. The summed E-state index contributed by atoms with van der Waals surface area (Å²) in [4.78, 5) is 26.7. The van der Waals surface area contributed by atoms with E-state index in [1.54, 1.807) is 0 Å². The summed E-state index contributed by atoms with van der Waals surface area (Å²) in [6.07, 6.45) is 10.2. The standard InChI is InChI=1S/C17H27NO3/c19-14-8-4-3-7-13(14)12-18-15(20)11-17(16(18)21)9-5-1-2-6-10-17/h13-14,19H,1-12H2. The highest BCUT2D eigenvalue weighted by Crippen LogP contribution is 2.44. The number of aliphatic hydroxyl groups is 1. The van der Waals surface area contributed by atoms with Crippen molar-refractivity contribution in [2.75, 3.05) is 6.54 Å². The Bertz CT molecular complexity index is 412. The average molecular weight is 293 g/mol. The molecule has 2 amide bonds. The van der Waals surface area contributed by atoms with Gasteiger partial charge in [0.2, 0.25) is 11.8 Å². The molecule has 3 rings (SSSR count). The minimum absolute atomic E-state index is 0.000302. The Morgan fingerprint density at radius 3 is 2.33 bits per heavy atom. The number of imide groups is 1. The fourth-order valence-electron chi connectivity index (χ4n) is 4.48. The molecular weight excluding hydrogens is 266 g/mol. The third kappa shape index (κ3) is 2.87. The maximum absolute atomic E-state index is 12.8. The van der Waals surface area contributed by atoms with E-state index >= 15 is 0 Å². The molecule has 0 aromatic carbocycles. The van der Waals surface area contributed by atoms with E-state index < -0.39 is 5.41 Å². The lowest BCUT2D eigenvalue weighted by molar-refractivity contribution is -0.143. The third-order valence-corrected chi connectivity index (χ3v) is 5.84. The van der Waals surface area contributed by atoms with E-state index in [1.807, 2.05) is 0 Å². The predicted octanol–water partition coefficient (Wildman–Crippen LogP) is 2.64. The van der Waals surface area contributed by atoms with Crippen molar-refractivity contribution in [2.45, 2.75) is 76.7 Å². The Morgan fingerprint density at radius 1 is 1.00 bits per heavy atom. The van der Waals surface area contributed by atoms with E-state index in [9.17, 15) is 14.7 Å². The van der Waals surface area contributed by atoms with E-state index in [4.69, 9.17) is 0 Å². The molecule has 118 valence electrons. The predicted molar refractivity (Wildman–Crippen MR) is 79.4 cm³/mol. The molecule has 4 heteroatoms. The number of amides is 2. The van der Waals surface area contributed by atoms with Gasteiger partial charge in [0, 0.05) is 18.9 Å². The van der Waals surface area contributed by atoms with Gasteiger partial charge in [-0.15, -0.1) is 0 Å². The maximum Gasteiger partial charge on any atom is 0.235 e. The molecule has 2 saturated carbocycles. The molecule has 21 heavy (non-hydrogen) atoms. The average Bonchev–Trinajstić information content (AvgIpc) is 2.64. The fraction of sp³-hybridized carbons (Fsp3) is 0.882. The molecule has 0 bridgehead atoms. The van der Waals surface area contributed by atoms with Crippen LogP contribution in [0.3, 0.4) is 0 Å². The lowest BCUT2D eigenvalue weighted by Gasteiger charge is -2.31. The molecule has 2 aliphatic carbocycles. The number of carbonyl (C=O) groups excluding carboxylic acids is 2. The summed E-state index contributed by atoms with van der Waals surface area (Å²) in [5.41, 5.74) is -0.396. The Kier molecular flexibility index (Phi) is 4.34. The molecule has 1 heterocycles. The molecule has 4 nitrogen and oxygen atoms in total. The second-order valence-electron chi connectivity index (χ2n) is 7.29. The molecule has 1 saturated heterocycles.